The zero-order valence-corrected chi connectivity index (χ0v) is 18.3. The number of carbonyl (C=O) groups excluding carboxylic acids is 2. The van der Waals surface area contributed by atoms with Gasteiger partial charge in [0.05, 0.1) is 25.0 Å². The molecule has 1 aliphatic heterocycles. The fourth-order valence-corrected chi connectivity index (χ4v) is 3.76. The van der Waals surface area contributed by atoms with Crippen molar-refractivity contribution < 1.29 is 19.1 Å². The Kier molecular flexibility index (Phi) is 8.00. The molecule has 1 saturated carbocycles. The molecule has 2 unspecified atom stereocenters. The van der Waals surface area contributed by atoms with E-state index >= 15 is 0 Å². The van der Waals surface area contributed by atoms with E-state index in [9.17, 15) is 9.59 Å². The first-order valence-corrected chi connectivity index (χ1v) is 10.6. The smallest absolute Gasteiger partial charge is 0.407 e. The molecule has 168 valence electrons. The lowest BCUT2D eigenvalue weighted by Gasteiger charge is -2.16. The Labute approximate surface area is 182 Å². The van der Waals surface area contributed by atoms with Gasteiger partial charge in [-0.25, -0.2) is 9.78 Å². The molecule has 2 amide bonds. The number of nitrogens with one attached hydrogen (secondary N) is 2. The molecule has 2 aliphatic rings. The van der Waals surface area contributed by atoms with E-state index < -0.39 is 0 Å². The normalized spacial score (nSPS) is 20.3. The molecule has 2 heterocycles. The van der Waals surface area contributed by atoms with Gasteiger partial charge in [-0.1, -0.05) is 0 Å². The predicted molar refractivity (Wildman–Crippen MR) is 119 cm³/mol. The molecule has 0 spiro atoms. The lowest BCUT2D eigenvalue weighted by molar-refractivity contribution is -0.107. The summed E-state index contributed by atoms with van der Waals surface area (Å²) in [4.78, 5) is 33.5. The van der Waals surface area contributed by atoms with Crippen molar-refractivity contribution in [1.29, 1.82) is 0 Å². The van der Waals surface area contributed by atoms with Crippen molar-refractivity contribution >= 4 is 29.8 Å². The van der Waals surface area contributed by atoms with Crippen molar-refractivity contribution in [3.8, 4) is 0 Å². The van der Waals surface area contributed by atoms with Crippen LogP contribution in [0.2, 0.25) is 0 Å². The second-order valence-electron chi connectivity index (χ2n) is 8.08. The van der Waals surface area contributed by atoms with E-state index in [1.54, 1.807) is 18.2 Å². The molecule has 0 bridgehead atoms. The van der Waals surface area contributed by atoms with Crippen LogP contribution in [0.15, 0.2) is 35.0 Å². The minimum atomic E-state index is -0.343. The summed E-state index contributed by atoms with van der Waals surface area (Å²) in [7, 11) is 1.60. The number of hydrogen-bond acceptors (Lipinski definition) is 7. The van der Waals surface area contributed by atoms with Crippen molar-refractivity contribution in [3.05, 3.63) is 30.0 Å². The van der Waals surface area contributed by atoms with Crippen LogP contribution in [0.25, 0.3) is 0 Å². The maximum atomic E-state index is 11.8. The fraction of sp³-hybridized carbons (Fsp3) is 0.545. The molecule has 1 aromatic rings. The molecular weight excluding hydrogens is 398 g/mol. The van der Waals surface area contributed by atoms with Crippen LogP contribution in [0.5, 0.6) is 0 Å². The number of alkyl carbamates (subject to hydrolysis) is 1. The number of ether oxygens (including phenoxy) is 2. The van der Waals surface area contributed by atoms with Crippen LogP contribution in [-0.2, 0) is 14.3 Å². The van der Waals surface area contributed by atoms with Crippen LogP contribution in [0.3, 0.4) is 0 Å². The second-order valence-corrected chi connectivity index (χ2v) is 8.08. The third kappa shape index (κ3) is 6.52. The van der Waals surface area contributed by atoms with Gasteiger partial charge in [-0.05, 0) is 62.8 Å². The van der Waals surface area contributed by atoms with Gasteiger partial charge in [0.25, 0.3) is 0 Å². The SMILES string of the molecule is COCCN(C=O)c1ccc(NC2=NCC(C3CCC(OC(=O)NC(C)C)C3)=C2)nc1. The lowest BCUT2D eigenvalue weighted by atomic mass is 9.98. The van der Waals surface area contributed by atoms with Crippen LogP contribution in [-0.4, -0.2) is 62.3 Å². The van der Waals surface area contributed by atoms with Gasteiger partial charge in [0.2, 0.25) is 6.41 Å². The Balaban J connectivity index is 1.50. The number of aliphatic imine (C=N–C) groups is 1. The van der Waals surface area contributed by atoms with Crippen LogP contribution in [0.1, 0.15) is 33.1 Å². The highest BCUT2D eigenvalue weighted by molar-refractivity contribution is 6.05. The summed E-state index contributed by atoms with van der Waals surface area (Å²) >= 11 is 0. The molecule has 1 aromatic heterocycles. The van der Waals surface area contributed by atoms with Crippen molar-refractivity contribution in [1.82, 2.24) is 10.3 Å². The highest BCUT2D eigenvalue weighted by Crippen LogP contribution is 2.34. The average molecular weight is 430 g/mol. The maximum absolute atomic E-state index is 11.8. The minimum Gasteiger partial charge on any atom is -0.446 e. The Morgan fingerprint density at radius 2 is 2.19 bits per heavy atom. The number of aromatic nitrogens is 1. The number of amidine groups is 1. The summed E-state index contributed by atoms with van der Waals surface area (Å²) in [5.41, 5.74) is 1.96. The zero-order chi connectivity index (χ0) is 22.2. The summed E-state index contributed by atoms with van der Waals surface area (Å²) < 4.78 is 10.5. The quantitative estimate of drug-likeness (QED) is 0.585. The van der Waals surface area contributed by atoms with Gasteiger partial charge in [-0.3, -0.25) is 9.79 Å². The number of amides is 2. The monoisotopic (exact) mass is 429 g/mol. The number of methoxy groups -OCH3 is 1. The largest absolute Gasteiger partial charge is 0.446 e. The van der Waals surface area contributed by atoms with E-state index in [1.165, 1.54) is 5.57 Å². The molecule has 9 nitrogen and oxygen atoms in total. The lowest BCUT2D eigenvalue weighted by Crippen LogP contribution is -2.33. The highest BCUT2D eigenvalue weighted by Gasteiger charge is 2.31. The Morgan fingerprint density at radius 3 is 2.87 bits per heavy atom. The van der Waals surface area contributed by atoms with E-state index in [-0.39, 0.29) is 18.2 Å². The topological polar surface area (TPSA) is 105 Å². The standard InChI is InChI=1S/C22H31N5O4/c1-15(2)25-22(29)31-19-6-4-16(10-19)17-11-21(23-12-17)26-20-7-5-18(13-24-20)27(14-28)8-9-30-3/h5,7,11,13-16,19H,4,6,8-10,12H2,1-3H3,(H,25,29)(H,23,24,26). The van der Waals surface area contributed by atoms with Gasteiger partial charge in [-0.2, -0.15) is 0 Å². The van der Waals surface area contributed by atoms with Crippen molar-refractivity contribution in [2.24, 2.45) is 10.9 Å². The van der Waals surface area contributed by atoms with E-state index in [2.05, 4.69) is 26.7 Å². The Morgan fingerprint density at radius 1 is 1.35 bits per heavy atom. The average Bonchev–Trinajstić information content (AvgIpc) is 3.38. The molecule has 0 aromatic carbocycles. The van der Waals surface area contributed by atoms with Crippen LogP contribution >= 0.6 is 0 Å². The fourth-order valence-electron chi connectivity index (χ4n) is 3.76. The van der Waals surface area contributed by atoms with Crippen molar-refractivity contribution in [2.45, 2.75) is 45.3 Å². The van der Waals surface area contributed by atoms with E-state index in [1.807, 2.05) is 26.0 Å². The third-order valence-corrected chi connectivity index (χ3v) is 5.34. The molecule has 0 radical (unpaired) electrons. The number of anilines is 2. The number of rotatable bonds is 9. The summed E-state index contributed by atoms with van der Waals surface area (Å²) in [6.07, 6.45) is 6.78. The van der Waals surface area contributed by atoms with E-state index in [0.717, 1.165) is 31.5 Å². The van der Waals surface area contributed by atoms with Crippen LogP contribution in [0.4, 0.5) is 16.3 Å². The zero-order valence-electron chi connectivity index (χ0n) is 18.3. The molecule has 1 fully saturated rings. The Bertz CT molecular complexity index is 822. The molecule has 9 heteroatoms. The second kappa shape index (κ2) is 10.9. The number of hydrogen-bond donors (Lipinski definition) is 2. The molecule has 2 N–H and O–H groups in total. The van der Waals surface area contributed by atoms with E-state index in [4.69, 9.17) is 9.47 Å². The first-order valence-electron chi connectivity index (χ1n) is 10.6. The molecule has 31 heavy (non-hydrogen) atoms. The number of nitrogens with zero attached hydrogens (tertiary/aromatic N) is 3. The van der Waals surface area contributed by atoms with Gasteiger partial charge in [0.15, 0.2) is 0 Å². The predicted octanol–water partition coefficient (Wildman–Crippen LogP) is 2.74. The number of pyridine rings is 1. The van der Waals surface area contributed by atoms with Crippen LogP contribution < -0.4 is 15.5 Å². The number of carbonyl (C=O) groups is 2. The molecular formula is C22H31N5O4. The maximum Gasteiger partial charge on any atom is 0.407 e. The van der Waals surface area contributed by atoms with Gasteiger partial charge >= 0.3 is 6.09 Å². The first kappa shape index (κ1) is 22.7. The van der Waals surface area contributed by atoms with Gasteiger partial charge in [-0.15, -0.1) is 0 Å². The van der Waals surface area contributed by atoms with E-state index in [0.29, 0.717) is 37.1 Å². The van der Waals surface area contributed by atoms with Gasteiger partial charge in [0, 0.05) is 19.7 Å². The molecule has 2 atom stereocenters. The highest BCUT2D eigenvalue weighted by atomic mass is 16.6. The van der Waals surface area contributed by atoms with Crippen molar-refractivity contribution in [3.63, 3.8) is 0 Å². The molecule has 3 rings (SSSR count). The van der Waals surface area contributed by atoms with Crippen LogP contribution in [0, 0.1) is 5.92 Å². The molecule has 1 aliphatic carbocycles. The summed E-state index contributed by atoms with van der Waals surface area (Å²) in [5, 5.41) is 5.99. The first-order chi connectivity index (χ1) is 15.0. The summed E-state index contributed by atoms with van der Waals surface area (Å²) in [5.74, 6) is 1.80. The van der Waals surface area contributed by atoms with Crippen molar-refractivity contribution in [2.75, 3.05) is 37.0 Å². The van der Waals surface area contributed by atoms with Gasteiger partial charge in [0.1, 0.15) is 17.8 Å². The minimum absolute atomic E-state index is 0.0465. The third-order valence-electron chi connectivity index (χ3n) is 5.34. The summed E-state index contributed by atoms with van der Waals surface area (Å²) in [6, 6.07) is 3.72. The Hall–Kier alpha value is -2.94. The van der Waals surface area contributed by atoms with Gasteiger partial charge < -0.3 is 25.0 Å². The molecule has 0 saturated heterocycles. The summed E-state index contributed by atoms with van der Waals surface area (Å²) in [6.45, 7) is 5.40.